The Hall–Kier alpha value is -2.43. The first-order chi connectivity index (χ1) is 9.75. The summed E-state index contributed by atoms with van der Waals surface area (Å²) >= 11 is 0. The van der Waals surface area contributed by atoms with Crippen molar-refractivity contribution in [3.8, 4) is 0 Å². The summed E-state index contributed by atoms with van der Waals surface area (Å²) < 4.78 is 0. The number of aryl methyl sites for hydroxylation is 1. The summed E-state index contributed by atoms with van der Waals surface area (Å²) in [6.45, 7) is 8.02. The number of nitrogen functional groups attached to an aromatic ring is 1. The van der Waals surface area contributed by atoms with Crippen LogP contribution in [0.15, 0.2) is 30.5 Å². The molecule has 0 bridgehead atoms. The maximum absolute atomic E-state index is 12.3. The van der Waals surface area contributed by atoms with Crippen LogP contribution in [0.25, 0.3) is 0 Å². The van der Waals surface area contributed by atoms with E-state index in [9.17, 15) is 4.79 Å². The second-order valence-electron chi connectivity index (χ2n) is 6.09. The standard InChI is InChI=1S/C16H20N4O/c1-10-5-6-14(18-9-10)20-15(21)11-7-12(16(2,3)4)19-13(17)8-11/h5-9H,1-4H3,(H2,17,19)(H,18,20,21). The van der Waals surface area contributed by atoms with Gasteiger partial charge in [0.1, 0.15) is 11.6 Å². The molecular weight excluding hydrogens is 264 g/mol. The summed E-state index contributed by atoms with van der Waals surface area (Å²) in [7, 11) is 0. The number of hydrogen-bond acceptors (Lipinski definition) is 4. The molecule has 0 aliphatic rings. The van der Waals surface area contributed by atoms with E-state index in [1.807, 2.05) is 33.8 Å². The van der Waals surface area contributed by atoms with E-state index in [1.165, 1.54) is 0 Å². The summed E-state index contributed by atoms with van der Waals surface area (Å²) in [6.07, 6.45) is 1.71. The molecule has 2 heterocycles. The van der Waals surface area contributed by atoms with Crippen LogP contribution >= 0.6 is 0 Å². The molecule has 0 saturated heterocycles. The molecule has 21 heavy (non-hydrogen) atoms. The van der Waals surface area contributed by atoms with Gasteiger partial charge in [-0.2, -0.15) is 0 Å². The van der Waals surface area contributed by atoms with E-state index in [0.717, 1.165) is 11.3 Å². The summed E-state index contributed by atoms with van der Waals surface area (Å²) in [5.74, 6) is 0.605. The number of pyridine rings is 2. The van der Waals surface area contributed by atoms with E-state index in [2.05, 4.69) is 15.3 Å². The van der Waals surface area contributed by atoms with E-state index in [-0.39, 0.29) is 11.3 Å². The van der Waals surface area contributed by atoms with Gasteiger partial charge in [-0.3, -0.25) is 4.79 Å². The van der Waals surface area contributed by atoms with Crippen LogP contribution in [-0.2, 0) is 5.41 Å². The van der Waals surface area contributed by atoms with Crippen molar-refractivity contribution in [2.45, 2.75) is 33.1 Å². The molecular formula is C16H20N4O. The molecule has 0 aromatic carbocycles. The van der Waals surface area contributed by atoms with E-state index in [1.54, 1.807) is 24.4 Å². The van der Waals surface area contributed by atoms with Crippen molar-refractivity contribution in [3.05, 3.63) is 47.3 Å². The predicted molar refractivity (Wildman–Crippen MR) is 84.3 cm³/mol. The maximum Gasteiger partial charge on any atom is 0.257 e. The molecule has 110 valence electrons. The number of nitrogens with zero attached hydrogens (tertiary/aromatic N) is 2. The van der Waals surface area contributed by atoms with Gasteiger partial charge in [0.15, 0.2) is 0 Å². The smallest absolute Gasteiger partial charge is 0.257 e. The van der Waals surface area contributed by atoms with E-state index >= 15 is 0 Å². The van der Waals surface area contributed by atoms with Crippen LogP contribution in [0, 0.1) is 6.92 Å². The summed E-state index contributed by atoms with van der Waals surface area (Å²) in [6, 6.07) is 6.99. The third-order valence-electron chi connectivity index (χ3n) is 3.03. The molecule has 3 N–H and O–H groups in total. The van der Waals surface area contributed by atoms with Crippen molar-refractivity contribution in [1.29, 1.82) is 0 Å². The number of carbonyl (C=O) groups excluding carboxylic acids is 1. The van der Waals surface area contributed by atoms with Crippen LogP contribution in [0.3, 0.4) is 0 Å². The lowest BCUT2D eigenvalue weighted by molar-refractivity contribution is 0.102. The van der Waals surface area contributed by atoms with Gasteiger partial charge in [0.2, 0.25) is 0 Å². The molecule has 5 heteroatoms. The highest BCUT2D eigenvalue weighted by Crippen LogP contribution is 2.22. The molecule has 0 spiro atoms. The zero-order chi connectivity index (χ0) is 15.6. The molecule has 0 saturated carbocycles. The SMILES string of the molecule is Cc1ccc(NC(=O)c2cc(N)nc(C(C)(C)C)c2)nc1. The minimum absolute atomic E-state index is 0.174. The molecule has 0 aliphatic heterocycles. The largest absolute Gasteiger partial charge is 0.384 e. The van der Waals surface area contributed by atoms with Crippen LogP contribution in [0.1, 0.15) is 42.4 Å². The van der Waals surface area contributed by atoms with Crippen molar-refractivity contribution in [2.24, 2.45) is 0 Å². The lowest BCUT2D eigenvalue weighted by Crippen LogP contribution is -2.18. The van der Waals surface area contributed by atoms with Gasteiger partial charge < -0.3 is 11.1 Å². The Morgan fingerprint density at radius 1 is 1.24 bits per heavy atom. The molecule has 0 aliphatic carbocycles. The van der Waals surface area contributed by atoms with Gasteiger partial charge in [-0.15, -0.1) is 0 Å². The molecule has 0 unspecified atom stereocenters. The van der Waals surface area contributed by atoms with Gasteiger partial charge in [-0.1, -0.05) is 26.8 Å². The third-order valence-corrected chi connectivity index (χ3v) is 3.03. The zero-order valence-electron chi connectivity index (χ0n) is 12.8. The van der Waals surface area contributed by atoms with Gasteiger partial charge in [0, 0.05) is 22.9 Å². The lowest BCUT2D eigenvalue weighted by Gasteiger charge is -2.19. The number of nitrogens with one attached hydrogen (secondary N) is 1. The number of hydrogen-bond donors (Lipinski definition) is 2. The number of carbonyl (C=O) groups is 1. The Balaban J connectivity index is 2.27. The molecule has 5 nitrogen and oxygen atoms in total. The van der Waals surface area contributed by atoms with Gasteiger partial charge in [0.25, 0.3) is 5.91 Å². The number of aromatic nitrogens is 2. The number of rotatable bonds is 2. The van der Waals surface area contributed by atoms with Crippen molar-refractivity contribution in [3.63, 3.8) is 0 Å². The van der Waals surface area contributed by atoms with Gasteiger partial charge in [-0.05, 0) is 30.7 Å². The van der Waals surface area contributed by atoms with Crippen molar-refractivity contribution >= 4 is 17.5 Å². The van der Waals surface area contributed by atoms with Crippen molar-refractivity contribution in [2.75, 3.05) is 11.1 Å². The first-order valence-corrected chi connectivity index (χ1v) is 6.78. The molecule has 0 radical (unpaired) electrons. The number of anilines is 2. The summed E-state index contributed by atoms with van der Waals surface area (Å²) in [5.41, 5.74) is 7.93. The average Bonchev–Trinajstić information content (AvgIpc) is 2.39. The first-order valence-electron chi connectivity index (χ1n) is 6.78. The number of nitrogens with two attached hydrogens (primary N) is 1. The van der Waals surface area contributed by atoms with Crippen LogP contribution in [0.5, 0.6) is 0 Å². The quantitative estimate of drug-likeness (QED) is 0.888. The normalized spacial score (nSPS) is 11.2. The molecule has 0 fully saturated rings. The Kier molecular flexibility index (Phi) is 3.93. The van der Waals surface area contributed by atoms with E-state index < -0.39 is 0 Å². The van der Waals surface area contributed by atoms with Gasteiger partial charge in [-0.25, -0.2) is 9.97 Å². The molecule has 0 atom stereocenters. The van der Waals surface area contributed by atoms with Gasteiger partial charge >= 0.3 is 0 Å². The van der Waals surface area contributed by atoms with Crippen LogP contribution in [0.2, 0.25) is 0 Å². The minimum atomic E-state index is -0.244. The second kappa shape index (κ2) is 5.52. The average molecular weight is 284 g/mol. The highest BCUT2D eigenvalue weighted by molar-refractivity contribution is 6.04. The Bertz CT molecular complexity index is 657. The fourth-order valence-corrected chi connectivity index (χ4v) is 1.80. The van der Waals surface area contributed by atoms with Crippen molar-refractivity contribution < 1.29 is 4.79 Å². The Morgan fingerprint density at radius 2 is 1.95 bits per heavy atom. The molecule has 2 aromatic rings. The first kappa shape index (κ1) is 15.0. The highest BCUT2D eigenvalue weighted by atomic mass is 16.1. The molecule has 2 rings (SSSR count). The van der Waals surface area contributed by atoms with Crippen LogP contribution in [-0.4, -0.2) is 15.9 Å². The lowest BCUT2D eigenvalue weighted by atomic mass is 9.90. The topological polar surface area (TPSA) is 80.9 Å². The second-order valence-corrected chi connectivity index (χ2v) is 6.09. The van der Waals surface area contributed by atoms with Gasteiger partial charge in [0.05, 0.1) is 0 Å². The zero-order valence-corrected chi connectivity index (χ0v) is 12.8. The predicted octanol–water partition coefficient (Wildman–Crippen LogP) is 2.92. The van der Waals surface area contributed by atoms with Crippen molar-refractivity contribution in [1.82, 2.24) is 9.97 Å². The Labute approximate surface area is 124 Å². The fourth-order valence-electron chi connectivity index (χ4n) is 1.80. The highest BCUT2D eigenvalue weighted by Gasteiger charge is 2.19. The summed E-state index contributed by atoms with van der Waals surface area (Å²) in [5, 5.41) is 2.76. The van der Waals surface area contributed by atoms with E-state index in [4.69, 9.17) is 5.73 Å². The van der Waals surface area contributed by atoms with Crippen LogP contribution < -0.4 is 11.1 Å². The molecule has 1 amide bonds. The Morgan fingerprint density at radius 3 is 2.52 bits per heavy atom. The fraction of sp³-hybridized carbons (Fsp3) is 0.312. The number of amides is 1. The van der Waals surface area contributed by atoms with Crippen LogP contribution in [0.4, 0.5) is 11.6 Å². The third kappa shape index (κ3) is 3.78. The van der Waals surface area contributed by atoms with E-state index in [0.29, 0.717) is 17.2 Å². The summed E-state index contributed by atoms with van der Waals surface area (Å²) in [4.78, 5) is 20.7. The maximum atomic E-state index is 12.3. The monoisotopic (exact) mass is 284 g/mol. The molecule has 2 aromatic heterocycles. The minimum Gasteiger partial charge on any atom is -0.384 e.